The predicted octanol–water partition coefficient (Wildman–Crippen LogP) is 0.788. The number of anilines is 1. The Morgan fingerprint density at radius 3 is 2.81 bits per heavy atom. The maximum atomic E-state index is 10.7. The molecule has 21 heavy (non-hydrogen) atoms. The Labute approximate surface area is 121 Å². The van der Waals surface area contributed by atoms with Crippen LogP contribution in [0.1, 0.15) is 15.9 Å². The number of ether oxygens (including phenoxy) is 1. The van der Waals surface area contributed by atoms with Crippen LogP contribution in [0.3, 0.4) is 0 Å². The number of pyridine rings is 1. The SMILES string of the molecule is N#Cc1cnc(-n2cc(C=O)cn2)cc1N1CCOCC1. The summed E-state index contributed by atoms with van der Waals surface area (Å²) < 4.78 is 6.85. The van der Waals surface area contributed by atoms with Crippen LogP contribution in [0.4, 0.5) is 5.69 Å². The summed E-state index contributed by atoms with van der Waals surface area (Å²) >= 11 is 0. The van der Waals surface area contributed by atoms with Crippen LogP contribution in [0, 0.1) is 11.3 Å². The van der Waals surface area contributed by atoms with Crippen LogP contribution < -0.4 is 4.90 Å². The lowest BCUT2D eigenvalue weighted by atomic mass is 10.2. The fourth-order valence-electron chi connectivity index (χ4n) is 2.23. The molecule has 1 aliphatic rings. The molecular formula is C14H13N5O2. The number of aromatic nitrogens is 3. The monoisotopic (exact) mass is 283 g/mol. The number of hydrogen-bond acceptors (Lipinski definition) is 6. The van der Waals surface area contributed by atoms with Gasteiger partial charge in [-0.3, -0.25) is 4.79 Å². The predicted molar refractivity (Wildman–Crippen MR) is 74.5 cm³/mol. The van der Waals surface area contributed by atoms with E-state index in [4.69, 9.17) is 4.74 Å². The van der Waals surface area contributed by atoms with Crippen molar-refractivity contribution in [1.29, 1.82) is 5.26 Å². The Kier molecular flexibility index (Phi) is 3.62. The van der Waals surface area contributed by atoms with Gasteiger partial charge in [-0.2, -0.15) is 10.4 Å². The third-order valence-corrected chi connectivity index (χ3v) is 3.31. The summed E-state index contributed by atoms with van der Waals surface area (Å²) in [6.45, 7) is 2.74. The highest BCUT2D eigenvalue weighted by molar-refractivity contribution is 5.73. The van der Waals surface area contributed by atoms with Gasteiger partial charge < -0.3 is 9.64 Å². The molecule has 0 unspecified atom stereocenters. The van der Waals surface area contributed by atoms with Gasteiger partial charge in [-0.1, -0.05) is 0 Å². The molecule has 1 saturated heterocycles. The summed E-state index contributed by atoms with van der Waals surface area (Å²) in [7, 11) is 0. The normalized spacial score (nSPS) is 14.7. The number of carbonyl (C=O) groups excluding carboxylic acids is 1. The van der Waals surface area contributed by atoms with Gasteiger partial charge in [-0.25, -0.2) is 9.67 Å². The lowest BCUT2D eigenvalue weighted by Crippen LogP contribution is -2.36. The van der Waals surface area contributed by atoms with Crippen LogP contribution in [0.15, 0.2) is 24.7 Å². The number of rotatable bonds is 3. The largest absolute Gasteiger partial charge is 0.378 e. The Morgan fingerprint density at radius 1 is 1.33 bits per heavy atom. The van der Waals surface area contributed by atoms with E-state index in [-0.39, 0.29) is 0 Å². The highest BCUT2D eigenvalue weighted by Gasteiger charge is 2.16. The maximum absolute atomic E-state index is 10.7. The van der Waals surface area contributed by atoms with Gasteiger partial charge in [0.25, 0.3) is 0 Å². The van der Waals surface area contributed by atoms with E-state index in [2.05, 4.69) is 21.1 Å². The molecule has 0 saturated carbocycles. The third kappa shape index (κ3) is 2.61. The number of nitrogens with zero attached hydrogens (tertiary/aromatic N) is 5. The van der Waals surface area contributed by atoms with Crippen LogP contribution in [0.2, 0.25) is 0 Å². The molecule has 3 heterocycles. The molecule has 0 radical (unpaired) electrons. The summed E-state index contributed by atoms with van der Waals surface area (Å²) in [5, 5.41) is 13.3. The van der Waals surface area contributed by atoms with Crippen molar-refractivity contribution in [3.05, 3.63) is 35.8 Å². The minimum atomic E-state index is 0.481. The molecule has 106 valence electrons. The van der Waals surface area contributed by atoms with Crippen molar-refractivity contribution in [3.8, 4) is 11.9 Å². The summed E-state index contributed by atoms with van der Waals surface area (Å²) in [6.07, 6.45) is 5.34. The van der Waals surface area contributed by atoms with Crippen LogP contribution in [0.5, 0.6) is 0 Å². The number of hydrogen-bond donors (Lipinski definition) is 0. The lowest BCUT2D eigenvalue weighted by molar-refractivity contribution is 0.112. The standard InChI is InChI=1S/C14H13N5O2/c15-6-12-8-16-14(19-9-11(10-20)7-17-19)5-13(12)18-1-3-21-4-2-18/h5,7-10H,1-4H2. The summed E-state index contributed by atoms with van der Waals surface area (Å²) in [5.41, 5.74) is 1.81. The molecule has 1 aliphatic heterocycles. The van der Waals surface area contributed by atoms with Gasteiger partial charge in [-0.05, 0) is 0 Å². The molecule has 0 atom stereocenters. The molecule has 0 aliphatic carbocycles. The van der Waals surface area contributed by atoms with E-state index in [0.717, 1.165) is 25.1 Å². The Hall–Kier alpha value is -2.72. The van der Waals surface area contributed by atoms with Gasteiger partial charge in [0.1, 0.15) is 6.07 Å². The smallest absolute Gasteiger partial charge is 0.155 e. The van der Waals surface area contributed by atoms with Crippen LogP contribution in [-0.2, 0) is 4.74 Å². The van der Waals surface area contributed by atoms with E-state index < -0.39 is 0 Å². The molecule has 2 aromatic rings. The van der Waals surface area contributed by atoms with Gasteiger partial charge in [0.15, 0.2) is 12.1 Å². The molecule has 0 spiro atoms. The highest BCUT2D eigenvalue weighted by atomic mass is 16.5. The van der Waals surface area contributed by atoms with Gasteiger partial charge in [-0.15, -0.1) is 0 Å². The van der Waals surface area contributed by atoms with Crippen molar-refractivity contribution in [2.45, 2.75) is 0 Å². The van der Waals surface area contributed by atoms with Crippen LogP contribution in [-0.4, -0.2) is 47.4 Å². The molecule has 2 aromatic heterocycles. The fraction of sp³-hybridized carbons (Fsp3) is 0.286. The molecule has 0 bridgehead atoms. The zero-order chi connectivity index (χ0) is 14.7. The average molecular weight is 283 g/mol. The molecule has 3 rings (SSSR count). The highest BCUT2D eigenvalue weighted by Crippen LogP contribution is 2.22. The minimum absolute atomic E-state index is 0.481. The third-order valence-electron chi connectivity index (χ3n) is 3.31. The number of nitriles is 1. The summed E-state index contributed by atoms with van der Waals surface area (Å²) in [4.78, 5) is 17.0. The first kappa shape index (κ1) is 13.3. The zero-order valence-corrected chi connectivity index (χ0v) is 11.3. The molecule has 0 amide bonds. The molecule has 0 aromatic carbocycles. The maximum Gasteiger partial charge on any atom is 0.155 e. The van der Waals surface area contributed by atoms with E-state index in [1.807, 2.05) is 6.07 Å². The van der Waals surface area contributed by atoms with Crippen molar-refractivity contribution in [3.63, 3.8) is 0 Å². The first-order valence-electron chi connectivity index (χ1n) is 6.55. The van der Waals surface area contributed by atoms with E-state index in [9.17, 15) is 10.1 Å². The van der Waals surface area contributed by atoms with Crippen LogP contribution in [0.25, 0.3) is 5.82 Å². The first-order valence-corrected chi connectivity index (χ1v) is 6.55. The zero-order valence-electron chi connectivity index (χ0n) is 11.3. The van der Waals surface area contributed by atoms with Gasteiger partial charge in [0.05, 0.1) is 36.2 Å². The molecule has 0 N–H and O–H groups in total. The fourth-order valence-corrected chi connectivity index (χ4v) is 2.23. The quantitative estimate of drug-likeness (QED) is 0.774. The molecular weight excluding hydrogens is 270 g/mol. The van der Waals surface area contributed by atoms with E-state index >= 15 is 0 Å². The first-order chi connectivity index (χ1) is 10.3. The topological polar surface area (TPSA) is 84.0 Å². The van der Waals surface area contributed by atoms with Crippen molar-refractivity contribution in [1.82, 2.24) is 14.8 Å². The second-order valence-electron chi connectivity index (χ2n) is 4.61. The Balaban J connectivity index is 1.99. The van der Waals surface area contributed by atoms with Gasteiger partial charge in [0, 0.05) is 31.5 Å². The van der Waals surface area contributed by atoms with Crippen molar-refractivity contribution >= 4 is 12.0 Å². The van der Waals surface area contributed by atoms with Crippen LogP contribution >= 0.6 is 0 Å². The van der Waals surface area contributed by atoms with Gasteiger partial charge in [0.2, 0.25) is 0 Å². The molecule has 7 nitrogen and oxygen atoms in total. The van der Waals surface area contributed by atoms with E-state index in [1.165, 1.54) is 17.1 Å². The van der Waals surface area contributed by atoms with Crippen molar-refractivity contribution in [2.75, 3.05) is 31.2 Å². The minimum Gasteiger partial charge on any atom is -0.378 e. The van der Waals surface area contributed by atoms with E-state index in [0.29, 0.717) is 30.2 Å². The van der Waals surface area contributed by atoms with Crippen molar-refractivity contribution < 1.29 is 9.53 Å². The Morgan fingerprint density at radius 2 is 2.14 bits per heavy atom. The second-order valence-corrected chi connectivity index (χ2v) is 4.61. The van der Waals surface area contributed by atoms with Crippen molar-refractivity contribution in [2.24, 2.45) is 0 Å². The van der Waals surface area contributed by atoms with E-state index in [1.54, 1.807) is 6.20 Å². The van der Waals surface area contributed by atoms with Gasteiger partial charge >= 0.3 is 0 Å². The Bertz CT molecular complexity index is 698. The number of carbonyl (C=O) groups is 1. The lowest BCUT2D eigenvalue weighted by Gasteiger charge is -2.29. The second kappa shape index (κ2) is 5.73. The average Bonchev–Trinajstić information content (AvgIpc) is 3.04. The molecule has 1 fully saturated rings. The molecule has 7 heteroatoms. The number of morpholine rings is 1. The number of aldehydes is 1. The summed E-state index contributed by atoms with van der Waals surface area (Å²) in [6, 6.07) is 3.97. The summed E-state index contributed by atoms with van der Waals surface area (Å²) in [5.74, 6) is 0.573.